The van der Waals surface area contributed by atoms with E-state index in [0.717, 1.165) is 0 Å². The number of rotatable bonds is 2. The van der Waals surface area contributed by atoms with Crippen LogP contribution in [0.1, 0.15) is 26.7 Å². The number of carbonyl (C=O) groups excluding carboxylic acids is 2. The Kier molecular flexibility index (Phi) is 3.85. The number of hydrogen-bond acceptors (Lipinski definition) is 4. The molecule has 0 aliphatic carbocycles. The smallest absolute Gasteiger partial charge is 0.246 e. The van der Waals surface area contributed by atoms with Gasteiger partial charge in [-0.05, 0) is 18.8 Å². The molecule has 1 N–H and O–H groups in total. The summed E-state index contributed by atoms with van der Waals surface area (Å²) in [4.78, 5) is 25.6. The van der Waals surface area contributed by atoms with Crippen LogP contribution in [0.4, 0.5) is 0 Å². The van der Waals surface area contributed by atoms with E-state index in [-0.39, 0.29) is 41.8 Å². The molecule has 0 bridgehead atoms. The number of sulfone groups is 1. The number of carbonyl (C=O) groups is 2. The third kappa shape index (κ3) is 3.08. The molecule has 7 heteroatoms. The van der Waals surface area contributed by atoms with E-state index >= 15 is 0 Å². The Morgan fingerprint density at radius 1 is 1.21 bits per heavy atom. The zero-order chi connectivity index (χ0) is 14.2. The molecule has 0 aromatic rings. The average molecular weight is 288 g/mol. The maximum absolute atomic E-state index is 12.3. The predicted molar refractivity (Wildman–Crippen MR) is 70.2 cm³/mol. The maximum Gasteiger partial charge on any atom is 0.246 e. The molecule has 2 saturated heterocycles. The molecule has 1 unspecified atom stereocenters. The lowest BCUT2D eigenvalue weighted by molar-refractivity contribution is -0.148. The highest BCUT2D eigenvalue weighted by Gasteiger charge is 2.39. The van der Waals surface area contributed by atoms with Gasteiger partial charge in [0.15, 0.2) is 0 Å². The number of amides is 2. The van der Waals surface area contributed by atoms with Gasteiger partial charge < -0.3 is 10.2 Å². The first-order chi connectivity index (χ1) is 8.80. The van der Waals surface area contributed by atoms with Gasteiger partial charge in [0.2, 0.25) is 11.8 Å². The molecular weight excluding hydrogens is 268 g/mol. The van der Waals surface area contributed by atoms with E-state index in [4.69, 9.17) is 0 Å². The van der Waals surface area contributed by atoms with Crippen LogP contribution in [0.5, 0.6) is 0 Å². The van der Waals surface area contributed by atoms with Crippen molar-refractivity contribution < 1.29 is 18.0 Å². The lowest BCUT2D eigenvalue weighted by atomic mass is 9.98. The summed E-state index contributed by atoms with van der Waals surface area (Å²) >= 11 is 0. The van der Waals surface area contributed by atoms with E-state index < -0.39 is 15.9 Å². The van der Waals surface area contributed by atoms with Gasteiger partial charge in [0, 0.05) is 6.04 Å². The molecular formula is C12H20N2O4S. The molecule has 0 radical (unpaired) electrons. The second-order valence-corrected chi connectivity index (χ2v) is 7.94. The Morgan fingerprint density at radius 3 is 2.32 bits per heavy atom. The van der Waals surface area contributed by atoms with Crippen LogP contribution in [0.3, 0.4) is 0 Å². The molecule has 2 amide bonds. The lowest BCUT2D eigenvalue weighted by Crippen LogP contribution is -2.62. The van der Waals surface area contributed by atoms with Crippen LogP contribution in [-0.2, 0) is 19.4 Å². The normalized spacial score (nSPS) is 28.6. The van der Waals surface area contributed by atoms with E-state index in [1.807, 2.05) is 13.8 Å². The van der Waals surface area contributed by atoms with Gasteiger partial charge >= 0.3 is 0 Å². The average Bonchev–Trinajstić information content (AvgIpc) is 2.32. The van der Waals surface area contributed by atoms with Gasteiger partial charge in [-0.2, -0.15) is 0 Å². The summed E-state index contributed by atoms with van der Waals surface area (Å²) < 4.78 is 22.8. The predicted octanol–water partition coefficient (Wildman–Crippen LogP) is -0.453. The highest BCUT2D eigenvalue weighted by atomic mass is 32.2. The number of nitrogens with zero attached hydrogens (tertiary/aromatic N) is 1. The van der Waals surface area contributed by atoms with Crippen molar-refractivity contribution in [2.45, 2.75) is 38.8 Å². The van der Waals surface area contributed by atoms with Crippen LogP contribution in [-0.4, -0.2) is 55.3 Å². The van der Waals surface area contributed by atoms with Gasteiger partial charge in [0.05, 0.1) is 18.1 Å². The zero-order valence-corrected chi connectivity index (χ0v) is 12.1. The molecule has 1 atom stereocenters. The Labute approximate surface area is 113 Å². The van der Waals surface area contributed by atoms with Gasteiger partial charge in [0.1, 0.15) is 15.9 Å². The number of hydrogen-bond donors (Lipinski definition) is 1. The first kappa shape index (κ1) is 14.3. The second kappa shape index (κ2) is 5.11. The minimum atomic E-state index is -2.95. The largest absolute Gasteiger partial charge is 0.343 e. The van der Waals surface area contributed by atoms with E-state index in [2.05, 4.69) is 5.32 Å². The topological polar surface area (TPSA) is 83.6 Å². The quantitative estimate of drug-likeness (QED) is 0.746. The third-order valence-corrected chi connectivity index (χ3v) is 5.53. The van der Waals surface area contributed by atoms with E-state index in [0.29, 0.717) is 12.8 Å². The Balaban J connectivity index is 2.11. The Morgan fingerprint density at radius 2 is 1.79 bits per heavy atom. The molecule has 6 nitrogen and oxygen atoms in total. The van der Waals surface area contributed by atoms with Crippen molar-refractivity contribution in [3.05, 3.63) is 0 Å². The lowest BCUT2D eigenvalue weighted by Gasteiger charge is -2.40. The van der Waals surface area contributed by atoms with Crippen molar-refractivity contribution >= 4 is 21.7 Å². The number of nitrogens with one attached hydrogen (secondary N) is 1. The molecule has 0 spiro atoms. The first-order valence-electron chi connectivity index (χ1n) is 6.60. The zero-order valence-electron chi connectivity index (χ0n) is 11.3. The summed E-state index contributed by atoms with van der Waals surface area (Å²) in [5.74, 6) is 0.00219. The Bertz CT molecular complexity index is 472. The van der Waals surface area contributed by atoms with Crippen molar-refractivity contribution in [3.8, 4) is 0 Å². The molecule has 2 heterocycles. The maximum atomic E-state index is 12.3. The fourth-order valence-electron chi connectivity index (χ4n) is 2.64. The fourth-order valence-corrected chi connectivity index (χ4v) is 4.11. The molecule has 2 rings (SSSR count). The first-order valence-corrected chi connectivity index (χ1v) is 8.42. The van der Waals surface area contributed by atoms with Crippen LogP contribution in [0, 0.1) is 5.92 Å². The highest BCUT2D eigenvalue weighted by molar-refractivity contribution is 7.91. The third-order valence-electron chi connectivity index (χ3n) is 3.81. The van der Waals surface area contributed by atoms with Crippen LogP contribution in [0.25, 0.3) is 0 Å². The second-order valence-electron chi connectivity index (χ2n) is 5.64. The van der Waals surface area contributed by atoms with Crippen molar-refractivity contribution in [2.75, 3.05) is 18.1 Å². The van der Waals surface area contributed by atoms with Crippen molar-refractivity contribution in [3.63, 3.8) is 0 Å². The van der Waals surface area contributed by atoms with Crippen LogP contribution in [0.15, 0.2) is 0 Å². The van der Waals surface area contributed by atoms with E-state index in [1.54, 1.807) is 4.90 Å². The molecule has 0 aromatic carbocycles. The van der Waals surface area contributed by atoms with Gasteiger partial charge in [-0.1, -0.05) is 13.8 Å². The SMILES string of the molecule is CC(C)C1NC(=O)CN(C2CCS(=O)(=O)CC2)C1=O. The molecule has 2 fully saturated rings. The van der Waals surface area contributed by atoms with Crippen molar-refractivity contribution in [2.24, 2.45) is 5.92 Å². The van der Waals surface area contributed by atoms with E-state index in [1.165, 1.54) is 0 Å². The summed E-state index contributed by atoms with van der Waals surface area (Å²) in [5.41, 5.74) is 0. The van der Waals surface area contributed by atoms with Crippen molar-refractivity contribution in [1.29, 1.82) is 0 Å². The number of piperazine rings is 1. The van der Waals surface area contributed by atoms with Gasteiger partial charge in [-0.15, -0.1) is 0 Å². The van der Waals surface area contributed by atoms with Crippen LogP contribution >= 0.6 is 0 Å². The van der Waals surface area contributed by atoms with Gasteiger partial charge in [-0.3, -0.25) is 9.59 Å². The standard InChI is InChI=1S/C12H20N2O4S/c1-8(2)11-12(16)14(7-10(15)13-11)9-3-5-19(17,18)6-4-9/h8-9,11H,3-7H2,1-2H3,(H,13,15). The summed E-state index contributed by atoms with van der Waals surface area (Å²) in [6.45, 7) is 3.82. The molecule has 2 aliphatic heterocycles. The fraction of sp³-hybridized carbons (Fsp3) is 0.833. The van der Waals surface area contributed by atoms with Crippen LogP contribution in [0.2, 0.25) is 0 Å². The molecule has 0 saturated carbocycles. The molecule has 2 aliphatic rings. The summed E-state index contributed by atoms with van der Waals surface area (Å²) in [7, 11) is -2.95. The minimum absolute atomic E-state index is 0.0339. The highest BCUT2D eigenvalue weighted by Crippen LogP contribution is 2.22. The Hall–Kier alpha value is -1.11. The summed E-state index contributed by atoms with van der Waals surface area (Å²) in [6.07, 6.45) is 0.873. The minimum Gasteiger partial charge on any atom is -0.343 e. The van der Waals surface area contributed by atoms with Gasteiger partial charge in [0.25, 0.3) is 0 Å². The summed E-state index contributed by atoms with van der Waals surface area (Å²) in [5, 5.41) is 2.70. The van der Waals surface area contributed by atoms with E-state index in [9.17, 15) is 18.0 Å². The monoisotopic (exact) mass is 288 g/mol. The van der Waals surface area contributed by atoms with Crippen molar-refractivity contribution in [1.82, 2.24) is 10.2 Å². The van der Waals surface area contributed by atoms with Crippen LogP contribution < -0.4 is 5.32 Å². The van der Waals surface area contributed by atoms with Gasteiger partial charge in [-0.25, -0.2) is 8.42 Å². The molecule has 19 heavy (non-hydrogen) atoms. The summed E-state index contributed by atoms with van der Waals surface area (Å²) in [6, 6.07) is -0.608. The molecule has 0 aromatic heterocycles. The molecule has 108 valence electrons.